The third-order valence-corrected chi connectivity index (χ3v) is 8.91. The summed E-state index contributed by atoms with van der Waals surface area (Å²) in [5.41, 5.74) is 6.88. The third kappa shape index (κ3) is 5.25. The number of likely N-dealkylation sites (tertiary alicyclic amines) is 1. The SMILES string of the molecule is COc1ccc(C2C3C=CCC(c4cccc(-c5ccc(N(C)C)cc5)c4)C3C(=O)N2Cc2ccccc2)cc1Cl. The molecule has 6 rings (SSSR count). The molecule has 1 aliphatic heterocycles. The molecule has 0 aromatic heterocycles. The number of methoxy groups -OCH3 is 1. The Kier molecular flexibility index (Phi) is 7.59. The molecule has 0 bridgehead atoms. The van der Waals surface area contributed by atoms with E-state index in [0.29, 0.717) is 17.3 Å². The number of benzene rings is 4. The molecule has 41 heavy (non-hydrogen) atoms. The number of allylic oxidation sites excluding steroid dienone is 1. The van der Waals surface area contributed by atoms with E-state index in [-0.39, 0.29) is 29.7 Å². The van der Waals surface area contributed by atoms with Crippen molar-refractivity contribution < 1.29 is 9.53 Å². The molecule has 4 aromatic carbocycles. The van der Waals surface area contributed by atoms with E-state index in [1.807, 2.05) is 30.3 Å². The van der Waals surface area contributed by atoms with E-state index in [1.54, 1.807) is 7.11 Å². The van der Waals surface area contributed by atoms with E-state index in [9.17, 15) is 4.79 Å². The predicted molar refractivity (Wildman–Crippen MR) is 167 cm³/mol. The first kappa shape index (κ1) is 27.2. The fourth-order valence-corrected chi connectivity index (χ4v) is 6.83. The van der Waals surface area contributed by atoms with E-state index in [0.717, 1.165) is 17.5 Å². The average Bonchev–Trinajstić information content (AvgIpc) is 3.28. The molecule has 0 radical (unpaired) electrons. The minimum atomic E-state index is -0.152. The summed E-state index contributed by atoms with van der Waals surface area (Å²) in [5.74, 6) is 0.818. The van der Waals surface area contributed by atoms with Gasteiger partial charge < -0.3 is 14.5 Å². The van der Waals surface area contributed by atoms with Gasteiger partial charge in [0.2, 0.25) is 5.91 Å². The fourth-order valence-electron chi connectivity index (χ4n) is 6.56. The van der Waals surface area contributed by atoms with Gasteiger partial charge in [-0.25, -0.2) is 0 Å². The lowest BCUT2D eigenvalue weighted by Gasteiger charge is -2.31. The third-order valence-electron chi connectivity index (χ3n) is 8.61. The van der Waals surface area contributed by atoms with Crippen LogP contribution in [-0.4, -0.2) is 32.0 Å². The molecule has 1 saturated heterocycles. The molecule has 4 nitrogen and oxygen atoms in total. The zero-order valence-corrected chi connectivity index (χ0v) is 24.5. The Hall–Kier alpha value is -4.02. The van der Waals surface area contributed by atoms with Gasteiger partial charge >= 0.3 is 0 Å². The van der Waals surface area contributed by atoms with Crippen molar-refractivity contribution in [3.05, 3.63) is 131 Å². The van der Waals surface area contributed by atoms with Gasteiger partial charge in [-0.1, -0.05) is 96.5 Å². The lowest BCUT2D eigenvalue weighted by Crippen LogP contribution is -2.31. The van der Waals surface area contributed by atoms with Crippen LogP contribution in [0.2, 0.25) is 5.02 Å². The number of anilines is 1. The Morgan fingerprint density at radius 2 is 1.66 bits per heavy atom. The Morgan fingerprint density at radius 3 is 2.37 bits per heavy atom. The number of nitrogens with zero attached hydrogens (tertiary/aromatic N) is 2. The van der Waals surface area contributed by atoms with Gasteiger partial charge in [-0.3, -0.25) is 4.79 Å². The van der Waals surface area contributed by atoms with Gasteiger partial charge in [-0.15, -0.1) is 0 Å². The molecule has 0 N–H and O–H groups in total. The largest absolute Gasteiger partial charge is 0.495 e. The number of hydrogen-bond acceptors (Lipinski definition) is 3. The molecule has 1 fully saturated rings. The van der Waals surface area contributed by atoms with E-state index in [2.05, 4.69) is 103 Å². The van der Waals surface area contributed by atoms with Gasteiger partial charge in [0.1, 0.15) is 5.75 Å². The summed E-state index contributed by atoms with van der Waals surface area (Å²) in [6.45, 7) is 0.555. The molecular formula is C36H35ClN2O2. The summed E-state index contributed by atoms with van der Waals surface area (Å²) in [6, 6.07) is 33.4. The predicted octanol–water partition coefficient (Wildman–Crippen LogP) is 8.14. The highest BCUT2D eigenvalue weighted by molar-refractivity contribution is 6.32. The lowest BCUT2D eigenvalue weighted by atomic mass is 9.71. The average molecular weight is 563 g/mol. The summed E-state index contributed by atoms with van der Waals surface area (Å²) < 4.78 is 5.42. The van der Waals surface area contributed by atoms with Crippen molar-refractivity contribution >= 4 is 23.2 Å². The summed E-state index contributed by atoms with van der Waals surface area (Å²) in [4.78, 5) is 18.6. The quantitative estimate of drug-likeness (QED) is 0.213. The van der Waals surface area contributed by atoms with Crippen molar-refractivity contribution in [2.75, 3.05) is 26.1 Å². The Bertz CT molecular complexity index is 1560. The standard InChI is InChI=1S/C36H35ClN2O2/c1-38(2)29-18-15-25(16-19-29)26-11-7-12-27(21-26)30-13-8-14-31-34(30)36(40)39(23-24-9-5-4-6-10-24)35(31)28-17-20-33(41-3)32(37)22-28/h4-12,14-22,30-31,34-35H,13,23H2,1-3H3. The maximum Gasteiger partial charge on any atom is 0.227 e. The molecule has 0 spiro atoms. The normalized spacial score (nSPS) is 21.6. The van der Waals surface area contributed by atoms with Crippen LogP contribution in [0.4, 0.5) is 5.69 Å². The number of halogens is 1. The summed E-state index contributed by atoms with van der Waals surface area (Å²) >= 11 is 6.61. The van der Waals surface area contributed by atoms with Crippen LogP contribution in [0.1, 0.15) is 35.1 Å². The molecule has 4 unspecified atom stereocenters. The Morgan fingerprint density at radius 1 is 0.878 bits per heavy atom. The monoisotopic (exact) mass is 562 g/mol. The number of carbonyl (C=O) groups is 1. The number of amides is 1. The summed E-state index contributed by atoms with van der Waals surface area (Å²) in [5, 5.41) is 0.560. The number of carbonyl (C=O) groups excluding carboxylic acids is 1. The van der Waals surface area contributed by atoms with Crippen molar-refractivity contribution in [3.8, 4) is 16.9 Å². The van der Waals surface area contributed by atoms with Crippen molar-refractivity contribution in [2.45, 2.75) is 24.9 Å². The molecule has 5 heteroatoms. The van der Waals surface area contributed by atoms with Crippen molar-refractivity contribution in [2.24, 2.45) is 11.8 Å². The minimum Gasteiger partial charge on any atom is -0.495 e. The van der Waals surface area contributed by atoms with Gasteiger partial charge in [0.05, 0.1) is 24.1 Å². The topological polar surface area (TPSA) is 32.8 Å². The Balaban J connectivity index is 1.38. The minimum absolute atomic E-state index is 0.0393. The second-order valence-electron chi connectivity index (χ2n) is 11.2. The maximum atomic E-state index is 14.4. The van der Waals surface area contributed by atoms with Gasteiger partial charge in [0, 0.05) is 32.2 Å². The number of ether oxygens (including phenoxy) is 1. The van der Waals surface area contributed by atoms with E-state index in [4.69, 9.17) is 16.3 Å². The maximum absolute atomic E-state index is 14.4. The van der Waals surface area contributed by atoms with Crippen LogP contribution in [0.25, 0.3) is 11.1 Å². The molecule has 0 saturated carbocycles. The van der Waals surface area contributed by atoms with E-state index in [1.165, 1.54) is 22.4 Å². The molecule has 4 atom stereocenters. The Labute approximate surface area is 247 Å². The first-order valence-corrected chi connectivity index (χ1v) is 14.5. The van der Waals surface area contributed by atoms with Crippen molar-refractivity contribution in [1.82, 2.24) is 4.90 Å². The van der Waals surface area contributed by atoms with E-state index < -0.39 is 0 Å². The highest BCUT2D eigenvalue weighted by atomic mass is 35.5. The molecule has 2 aliphatic rings. The van der Waals surface area contributed by atoms with Gasteiger partial charge in [-0.2, -0.15) is 0 Å². The second kappa shape index (κ2) is 11.5. The molecule has 4 aromatic rings. The van der Waals surface area contributed by atoms with Crippen LogP contribution >= 0.6 is 11.6 Å². The zero-order chi connectivity index (χ0) is 28.5. The first-order chi connectivity index (χ1) is 19.9. The molecule has 208 valence electrons. The van der Waals surface area contributed by atoms with Crippen LogP contribution in [0.3, 0.4) is 0 Å². The first-order valence-electron chi connectivity index (χ1n) is 14.2. The molecular weight excluding hydrogens is 528 g/mol. The van der Waals surface area contributed by atoms with Crippen LogP contribution in [0, 0.1) is 11.8 Å². The van der Waals surface area contributed by atoms with Gasteiger partial charge in [-0.05, 0) is 64.4 Å². The van der Waals surface area contributed by atoms with Crippen LogP contribution < -0.4 is 9.64 Å². The summed E-state index contributed by atoms with van der Waals surface area (Å²) in [7, 11) is 5.72. The number of hydrogen-bond donors (Lipinski definition) is 0. The highest BCUT2D eigenvalue weighted by Gasteiger charge is 2.51. The van der Waals surface area contributed by atoms with Gasteiger partial charge in [0.25, 0.3) is 0 Å². The molecule has 1 aliphatic carbocycles. The van der Waals surface area contributed by atoms with Crippen molar-refractivity contribution in [1.29, 1.82) is 0 Å². The van der Waals surface area contributed by atoms with Crippen LogP contribution in [0.5, 0.6) is 5.75 Å². The fraction of sp³-hybridized carbons (Fsp3) is 0.250. The smallest absolute Gasteiger partial charge is 0.227 e. The molecule has 1 amide bonds. The van der Waals surface area contributed by atoms with Crippen LogP contribution in [-0.2, 0) is 11.3 Å². The number of fused-ring (bicyclic) bond motifs is 1. The summed E-state index contributed by atoms with van der Waals surface area (Å²) in [6.07, 6.45) is 5.36. The van der Waals surface area contributed by atoms with E-state index >= 15 is 0 Å². The van der Waals surface area contributed by atoms with Gasteiger partial charge in [0.15, 0.2) is 0 Å². The number of rotatable bonds is 7. The zero-order valence-electron chi connectivity index (χ0n) is 23.7. The lowest BCUT2D eigenvalue weighted by molar-refractivity contribution is -0.133. The highest BCUT2D eigenvalue weighted by Crippen LogP contribution is 2.52. The molecule has 1 heterocycles. The van der Waals surface area contributed by atoms with Crippen LogP contribution in [0.15, 0.2) is 109 Å². The van der Waals surface area contributed by atoms with Crippen molar-refractivity contribution in [3.63, 3.8) is 0 Å². The second-order valence-corrected chi connectivity index (χ2v) is 11.6.